The van der Waals surface area contributed by atoms with Crippen molar-refractivity contribution in [2.24, 2.45) is 0 Å². The number of nitrogens with zero attached hydrogens (tertiary/aromatic N) is 1. The number of nitrogens with two attached hydrogens (primary N) is 1. The van der Waals surface area contributed by atoms with Gasteiger partial charge in [-0.3, -0.25) is 0 Å². The minimum absolute atomic E-state index is 0.208. The van der Waals surface area contributed by atoms with E-state index in [1.54, 1.807) is 49.4 Å². The van der Waals surface area contributed by atoms with E-state index in [2.05, 4.69) is 11.1 Å². The molecule has 136 valence electrons. The van der Waals surface area contributed by atoms with E-state index < -0.39 is 5.97 Å². The zero-order valence-corrected chi connectivity index (χ0v) is 15.9. The van der Waals surface area contributed by atoms with Crippen molar-refractivity contribution in [2.45, 2.75) is 6.92 Å². The van der Waals surface area contributed by atoms with Crippen LogP contribution in [0.3, 0.4) is 0 Å². The van der Waals surface area contributed by atoms with Crippen LogP contribution in [0.2, 0.25) is 10.0 Å². The van der Waals surface area contributed by atoms with Gasteiger partial charge in [-0.05, 0) is 42.8 Å². The second-order valence-electron chi connectivity index (χ2n) is 5.74. The number of nitrogen functional groups attached to an aromatic ring is 1. The molecule has 0 spiro atoms. The number of halogens is 2. The standard InChI is InChI=1S/C20H15Cl2N3O2/c1-2-27-20(26)19-15(18-16(22)8-13(21)9-17(18)25-19)7-12(10-23)11-3-5-14(24)6-4-11/h3-9,25H,2,24H2,1H3. The summed E-state index contributed by atoms with van der Waals surface area (Å²) in [5, 5.41) is 11.0. The maximum absolute atomic E-state index is 12.4. The number of rotatable bonds is 4. The van der Waals surface area contributed by atoms with Crippen LogP contribution in [0, 0.1) is 11.3 Å². The molecule has 0 radical (unpaired) electrons. The van der Waals surface area contributed by atoms with Crippen molar-refractivity contribution in [1.29, 1.82) is 5.26 Å². The first kappa shape index (κ1) is 18.8. The van der Waals surface area contributed by atoms with Gasteiger partial charge in [-0.2, -0.15) is 5.26 Å². The van der Waals surface area contributed by atoms with E-state index in [-0.39, 0.29) is 12.3 Å². The number of anilines is 1. The molecule has 0 unspecified atom stereocenters. The number of nitriles is 1. The number of ether oxygens (including phenoxy) is 1. The number of fused-ring (bicyclic) bond motifs is 1. The maximum Gasteiger partial charge on any atom is 0.355 e. The van der Waals surface area contributed by atoms with E-state index in [0.29, 0.717) is 43.3 Å². The lowest BCUT2D eigenvalue weighted by molar-refractivity contribution is 0.0520. The fourth-order valence-electron chi connectivity index (χ4n) is 2.77. The Hall–Kier alpha value is -2.94. The van der Waals surface area contributed by atoms with E-state index in [0.717, 1.165) is 0 Å². The Morgan fingerprint density at radius 3 is 2.63 bits per heavy atom. The number of carbonyl (C=O) groups is 1. The molecule has 5 nitrogen and oxygen atoms in total. The van der Waals surface area contributed by atoms with Crippen molar-refractivity contribution in [3.05, 3.63) is 63.3 Å². The van der Waals surface area contributed by atoms with Gasteiger partial charge in [0.15, 0.2) is 0 Å². The van der Waals surface area contributed by atoms with Crippen LogP contribution in [0.5, 0.6) is 0 Å². The number of allylic oxidation sites excluding steroid dienone is 1. The van der Waals surface area contributed by atoms with Crippen molar-refractivity contribution >= 4 is 57.4 Å². The predicted octanol–water partition coefficient (Wildman–Crippen LogP) is 5.30. The molecule has 3 rings (SSSR count). The summed E-state index contributed by atoms with van der Waals surface area (Å²) >= 11 is 12.4. The van der Waals surface area contributed by atoms with Crippen LogP contribution in [0.25, 0.3) is 22.6 Å². The third-order valence-electron chi connectivity index (χ3n) is 3.96. The van der Waals surface area contributed by atoms with E-state index >= 15 is 0 Å². The molecule has 27 heavy (non-hydrogen) atoms. The average Bonchev–Trinajstić information content (AvgIpc) is 2.99. The lowest BCUT2D eigenvalue weighted by Crippen LogP contribution is -2.06. The number of hydrogen-bond acceptors (Lipinski definition) is 4. The Morgan fingerprint density at radius 1 is 1.30 bits per heavy atom. The summed E-state index contributed by atoms with van der Waals surface area (Å²) in [6.07, 6.45) is 1.61. The van der Waals surface area contributed by atoms with Crippen LogP contribution >= 0.6 is 23.2 Å². The number of esters is 1. The SMILES string of the molecule is CCOC(=O)c1[nH]c2cc(Cl)cc(Cl)c2c1C=C(C#N)c1ccc(N)cc1. The molecule has 0 saturated heterocycles. The number of aromatic amines is 1. The third-order valence-corrected chi connectivity index (χ3v) is 4.48. The molecule has 0 aliphatic rings. The minimum Gasteiger partial charge on any atom is -0.461 e. The van der Waals surface area contributed by atoms with Crippen LogP contribution in [-0.2, 0) is 4.74 Å². The summed E-state index contributed by atoms with van der Waals surface area (Å²) in [5.74, 6) is -0.540. The zero-order chi connectivity index (χ0) is 19.6. The normalized spacial score (nSPS) is 11.4. The molecule has 3 aromatic rings. The van der Waals surface area contributed by atoms with Crippen molar-refractivity contribution < 1.29 is 9.53 Å². The van der Waals surface area contributed by atoms with Crippen molar-refractivity contribution in [3.63, 3.8) is 0 Å². The quantitative estimate of drug-likeness (QED) is 0.353. The fraction of sp³-hybridized carbons (Fsp3) is 0.100. The lowest BCUT2D eigenvalue weighted by atomic mass is 10.0. The first-order valence-electron chi connectivity index (χ1n) is 8.10. The van der Waals surface area contributed by atoms with Crippen molar-refractivity contribution in [2.75, 3.05) is 12.3 Å². The van der Waals surface area contributed by atoms with E-state index in [1.807, 2.05) is 0 Å². The second-order valence-corrected chi connectivity index (χ2v) is 6.58. The highest BCUT2D eigenvalue weighted by atomic mass is 35.5. The molecule has 0 bridgehead atoms. The Balaban J connectivity index is 2.27. The molecule has 0 atom stereocenters. The largest absolute Gasteiger partial charge is 0.461 e. The number of hydrogen-bond donors (Lipinski definition) is 2. The first-order chi connectivity index (χ1) is 12.9. The molecule has 0 aliphatic carbocycles. The number of H-pyrrole nitrogens is 1. The fourth-order valence-corrected chi connectivity index (χ4v) is 3.36. The third kappa shape index (κ3) is 3.77. The van der Waals surface area contributed by atoms with Gasteiger partial charge in [0.05, 0.1) is 23.3 Å². The Labute approximate surface area is 165 Å². The van der Waals surface area contributed by atoms with Gasteiger partial charge < -0.3 is 15.5 Å². The highest BCUT2D eigenvalue weighted by Gasteiger charge is 2.20. The smallest absolute Gasteiger partial charge is 0.355 e. The van der Waals surface area contributed by atoms with Gasteiger partial charge in [0, 0.05) is 27.2 Å². The van der Waals surface area contributed by atoms with Gasteiger partial charge in [0.25, 0.3) is 0 Å². The molecule has 0 amide bonds. The summed E-state index contributed by atoms with van der Waals surface area (Å²) in [5.41, 5.74) is 8.58. The monoisotopic (exact) mass is 399 g/mol. The number of nitrogens with one attached hydrogen (secondary N) is 1. The van der Waals surface area contributed by atoms with Gasteiger partial charge in [-0.15, -0.1) is 0 Å². The Kier molecular flexibility index (Phi) is 5.41. The molecule has 0 saturated carbocycles. The van der Waals surface area contributed by atoms with Crippen molar-refractivity contribution in [3.8, 4) is 6.07 Å². The summed E-state index contributed by atoms with van der Waals surface area (Å²) in [6, 6.07) is 12.3. The molecule has 0 fully saturated rings. The van der Waals surface area contributed by atoms with Crippen LogP contribution in [0.4, 0.5) is 5.69 Å². The number of benzene rings is 2. The van der Waals surface area contributed by atoms with Gasteiger partial charge in [0.1, 0.15) is 5.69 Å². The van der Waals surface area contributed by atoms with Gasteiger partial charge >= 0.3 is 5.97 Å². The number of aromatic nitrogens is 1. The lowest BCUT2D eigenvalue weighted by Gasteiger charge is -2.04. The van der Waals surface area contributed by atoms with Gasteiger partial charge in [-0.1, -0.05) is 35.3 Å². The van der Waals surface area contributed by atoms with E-state index in [4.69, 9.17) is 33.7 Å². The molecule has 2 aromatic carbocycles. The van der Waals surface area contributed by atoms with Crippen LogP contribution in [-0.4, -0.2) is 17.6 Å². The molecular formula is C20H15Cl2N3O2. The summed E-state index contributed by atoms with van der Waals surface area (Å²) in [6.45, 7) is 1.93. The molecular weight excluding hydrogens is 385 g/mol. The Bertz CT molecular complexity index is 1090. The molecule has 3 N–H and O–H groups in total. The van der Waals surface area contributed by atoms with E-state index in [1.165, 1.54) is 0 Å². The molecule has 1 aromatic heterocycles. The van der Waals surface area contributed by atoms with Crippen molar-refractivity contribution in [1.82, 2.24) is 4.98 Å². The Morgan fingerprint density at radius 2 is 2.00 bits per heavy atom. The van der Waals surface area contributed by atoms with Gasteiger partial charge in [-0.25, -0.2) is 4.79 Å². The average molecular weight is 400 g/mol. The first-order valence-corrected chi connectivity index (χ1v) is 8.85. The second kappa shape index (κ2) is 7.75. The maximum atomic E-state index is 12.4. The zero-order valence-electron chi connectivity index (χ0n) is 14.3. The molecule has 0 aliphatic heterocycles. The summed E-state index contributed by atoms with van der Waals surface area (Å²) in [7, 11) is 0. The molecule has 7 heteroatoms. The predicted molar refractivity (Wildman–Crippen MR) is 109 cm³/mol. The van der Waals surface area contributed by atoms with Crippen LogP contribution in [0.15, 0.2) is 36.4 Å². The molecule has 1 heterocycles. The van der Waals surface area contributed by atoms with E-state index in [9.17, 15) is 10.1 Å². The number of carbonyl (C=O) groups excluding carboxylic acids is 1. The summed E-state index contributed by atoms with van der Waals surface area (Å²) in [4.78, 5) is 15.4. The highest BCUT2D eigenvalue weighted by molar-refractivity contribution is 6.39. The minimum atomic E-state index is -0.540. The van der Waals surface area contributed by atoms with Gasteiger partial charge in [0.2, 0.25) is 0 Å². The summed E-state index contributed by atoms with van der Waals surface area (Å²) < 4.78 is 5.13. The van der Waals surface area contributed by atoms with Crippen LogP contribution < -0.4 is 5.73 Å². The highest BCUT2D eigenvalue weighted by Crippen LogP contribution is 2.35. The van der Waals surface area contributed by atoms with Crippen LogP contribution in [0.1, 0.15) is 28.5 Å². The topological polar surface area (TPSA) is 91.9 Å².